The highest BCUT2D eigenvalue weighted by Crippen LogP contribution is 2.19. The zero-order valence-corrected chi connectivity index (χ0v) is 12.7. The van der Waals surface area contributed by atoms with Gasteiger partial charge in [0.05, 0.1) is 11.3 Å². The molecule has 0 aromatic carbocycles. The third-order valence-corrected chi connectivity index (χ3v) is 4.24. The molecule has 0 unspecified atom stereocenters. The van der Waals surface area contributed by atoms with E-state index in [4.69, 9.17) is 4.74 Å². The van der Waals surface area contributed by atoms with E-state index in [9.17, 15) is 4.79 Å². The molecule has 110 valence electrons. The Morgan fingerprint density at radius 3 is 2.71 bits per heavy atom. The molecule has 2 aromatic heterocycles. The lowest BCUT2D eigenvalue weighted by atomic mass is 10.1. The molecule has 2 aromatic rings. The van der Waals surface area contributed by atoms with Gasteiger partial charge in [0.15, 0.2) is 0 Å². The molecule has 0 aliphatic carbocycles. The standard InChI is InChI=1S/C15H17N3O2S/c1-11-2-3-14(17-16-11)20-13-4-7-18(8-5-13)15(19)12-6-9-21-10-12/h2-3,6,9-10,13H,4-5,7-8H2,1H3. The molecule has 5 nitrogen and oxygen atoms in total. The first-order valence-electron chi connectivity index (χ1n) is 7.01. The molecule has 0 spiro atoms. The van der Waals surface area contributed by atoms with Gasteiger partial charge >= 0.3 is 0 Å². The minimum atomic E-state index is 0.105. The van der Waals surface area contributed by atoms with Gasteiger partial charge in [0.2, 0.25) is 5.88 Å². The molecule has 1 saturated heterocycles. The maximum atomic E-state index is 12.2. The molecule has 6 heteroatoms. The Labute approximate surface area is 127 Å². The predicted molar refractivity (Wildman–Crippen MR) is 80.6 cm³/mol. The SMILES string of the molecule is Cc1ccc(OC2CCN(C(=O)c3ccsc3)CC2)nn1. The Bertz CT molecular complexity index is 590. The first-order valence-corrected chi connectivity index (χ1v) is 7.95. The number of ether oxygens (including phenoxy) is 1. The minimum Gasteiger partial charge on any atom is -0.473 e. The van der Waals surface area contributed by atoms with Gasteiger partial charge in [-0.3, -0.25) is 4.79 Å². The van der Waals surface area contributed by atoms with E-state index < -0.39 is 0 Å². The van der Waals surface area contributed by atoms with Gasteiger partial charge in [-0.1, -0.05) is 0 Å². The normalized spacial score (nSPS) is 16.0. The van der Waals surface area contributed by atoms with Crippen molar-refractivity contribution >= 4 is 17.2 Å². The molecule has 1 fully saturated rings. The lowest BCUT2D eigenvalue weighted by molar-refractivity contribution is 0.0586. The van der Waals surface area contributed by atoms with Crippen LogP contribution in [0.15, 0.2) is 29.0 Å². The molecule has 1 amide bonds. The number of carbonyl (C=O) groups excluding carboxylic acids is 1. The summed E-state index contributed by atoms with van der Waals surface area (Å²) in [6, 6.07) is 5.60. The fraction of sp³-hybridized carbons (Fsp3) is 0.400. The second kappa shape index (κ2) is 6.22. The summed E-state index contributed by atoms with van der Waals surface area (Å²) in [4.78, 5) is 14.1. The number of likely N-dealkylation sites (tertiary alicyclic amines) is 1. The molecule has 0 radical (unpaired) electrons. The van der Waals surface area contributed by atoms with Crippen LogP contribution in [-0.2, 0) is 0 Å². The Balaban J connectivity index is 1.53. The van der Waals surface area contributed by atoms with Gasteiger partial charge in [0.25, 0.3) is 5.91 Å². The molecule has 0 saturated carbocycles. The van der Waals surface area contributed by atoms with Crippen molar-refractivity contribution in [3.63, 3.8) is 0 Å². The Morgan fingerprint density at radius 1 is 1.29 bits per heavy atom. The maximum absolute atomic E-state index is 12.2. The topological polar surface area (TPSA) is 55.3 Å². The molecule has 0 atom stereocenters. The maximum Gasteiger partial charge on any atom is 0.254 e. The quantitative estimate of drug-likeness (QED) is 0.874. The van der Waals surface area contributed by atoms with Crippen LogP contribution in [0.4, 0.5) is 0 Å². The van der Waals surface area contributed by atoms with Crippen LogP contribution in [0, 0.1) is 6.92 Å². The smallest absolute Gasteiger partial charge is 0.254 e. The van der Waals surface area contributed by atoms with Crippen molar-refractivity contribution in [2.75, 3.05) is 13.1 Å². The number of nitrogens with zero attached hydrogens (tertiary/aromatic N) is 3. The summed E-state index contributed by atoms with van der Waals surface area (Å²) in [5.41, 5.74) is 1.65. The predicted octanol–water partition coefficient (Wildman–Crippen LogP) is 2.53. The van der Waals surface area contributed by atoms with E-state index in [2.05, 4.69) is 10.2 Å². The molecule has 0 N–H and O–H groups in total. The second-order valence-corrected chi connectivity index (χ2v) is 5.91. The average Bonchev–Trinajstić information content (AvgIpc) is 3.04. The van der Waals surface area contributed by atoms with E-state index in [1.54, 1.807) is 11.3 Å². The molecule has 3 heterocycles. The highest BCUT2D eigenvalue weighted by molar-refractivity contribution is 7.08. The summed E-state index contributed by atoms with van der Waals surface area (Å²) in [6.45, 7) is 3.34. The van der Waals surface area contributed by atoms with E-state index in [0.717, 1.165) is 37.2 Å². The van der Waals surface area contributed by atoms with Crippen LogP contribution in [0.1, 0.15) is 28.9 Å². The zero-order valence-electron chi connectivity index (χ0n) is 11.9. The third-order valence-electron chi connectivity index (χ3n) is 3.56. The monoisotopic (exact) mass is 303 g/mol. The van der Waals surface area contributed by atoms with Crippen molar-refractivity contribution in [3.05, 3.63) is 40.2 Å². The molecule has 0 bridgehead atoms. The largest absolute Gasteiger partial charge is 0.473 e. The third kappa shape index (κ3) is 3.39. The fourth-order valence-corrected chi connectivity index (χ4v) is 3.00. The number of amides is 1. The number of aromatic nitrogens is 2. The van der Waals surface area contributed by atoms with E-state index in [1.807, 2.05) is 40.8 Å². The van der Waals surface area contributed by atoms with Crippen LogP contribution in [0.2, 0.25) is 0 Å². The molecule has 1 aliphatic heterocycles. The van der Waals surface area contributed by atoms with Gasteiger partial charge in [-0.15, -0.1) is 5.10 Å². The van der Waals surface area contributed by atoms with Gasteiger partial charge < -0.3 is 9.64 Å². The highest BCUT2D eigenvalue weighted by Gasteiger charge is 2.25. The van der Waals surface area contributed by atoms with Crippen LogP contribution in [0.25, 0.3) is 0 Å². The molecular formula is C15H17N3O2S. The summed E-state index contributed by atoms with van der Waals surface area (Å²) < 4.78 is 5.82. The summed E-state index contributed by atoms with van der Waals surface area (Å²) in [6.07, 6.45) is 1.75. The second-order valence-electron chi connectivity index (χ2n) is 5.13. The van der Waals surface area contributed by atoms with Crippen LogP contribution in [0.3, 0.4) is 0 Å². The number of aryl methyl sites for hydroxylation is 1. The minimum absolute atomic E-state index is 0.105. The Hall–Kier alpha value is -1.95. The number of hydrogen-bond donors (Lipinski definition) is 0. The van der Waals surface area contributed by atoms with Crippen LogP contribution in [0.5, 0.6) is 5.88 Å². The highest BCUT2D eigenvalue weighted by atomic mass is 32.1. The van der Waals surface area contributed by atoms with Crippen molar-refractivity contribution in [1.29, 1.82) is 0 Å². The number of hydrogen-bond acceptors (Lipinski definition) is 5. The van der Waals surface area contributed by atoms with Crippen molar-refractivity contribution in [2.24, 2.45) is 0 Å². The molecule has 1 aliphatic rings. The Morgan fingerprint density at radius 2 is 2.10 bits per heavy atom. The van der Waals surface area contributed by atoms with Crippen molar-refractivity contribution in [3.8, 4) is 5.88 Å². The molecule has 3 rings (SSSR count). The van der Waals surface area contributed by atoms with Crippen molar-refractivity contribution in [1.82, 2.24) is 15.1 Å². The van der Waals surface area contributed by atoms with Gasteiger partial charge in [-0.05, 0) is 24.4 Å². The first-order chi connectivity index (χ1) is 10.2. The van der Waals surface area contributed by atoms with E-state index in [-0.39, 0.29) is 12.0 Å². The van der Waals surface area contributed by atoms with Gasteiger partial charge in [-0.25, -0.2) is 0 Å². The van der Waals surface area contributed by atoms with Gasteiger partial charge in [-0.2, -0.15) is 16.4 Å². The van der Waals surface area contributed by atoms with Crippen LogP contribution in [-0.4, -0.2) is 40.2 Å². The van der Waals surface area contributed by atoms with Crippen molar-refractivity contribution < 1.29 is 9.53 Å². The number of thiophene rings is 1. The summed E-state index contributed by atoms with van der Waals surface area (Å²) >= 11 is 1.55. The number of rotatable bonds is 3. The number of piperidine rings is 1. The zero-order chi connectivity index (χ0) is 14.7. The lowest BCUT2D eigenvalue weighted by Crippen LogP contribution is -2.41. The first kappa shape index (κ1) is 14.0. The number of carbonyl (C=O) groups is 1. The lowest BCUT2D eigenvalue weighted by Gasteiger charge is -2.31. The summed E-state index contributed by atoms with van der Waals surface area (Å²) in [5.74, 6) is 0.674. The van der Waals surface area contributed by atoms with E-state index in [0.29, 0.717) is 5.88 Å². The average molecular weight is 303 g/mol. The van der Waals surface area contributed by atoms with Gasteiger partial charge in [0.1, 0.15) is 6.10 Å². The van der Waals surface area contributed by atoms with E-state index in [1.165, 1.54) is 0 Å². The Kier molecular flexibility index (Phi) is 4.15. The molecular weight excluding hydrogens is 286 g/mol. The van der Waals surface area contributed by atoms with E-state index >= 15 is 0 Å². The molecule has 21 heavy (non-hydrogen) atoms. The van der Waals surface area contributed by atoms with Gasteiger partial charge in [0, 0.05) is 37.4 Å². The fourth-order valence-electron chi connectivity index (χ4n) is 2.37. The van der Waals surface area contributed by atoms with Crippen molar-refractivity contribution in [2.45, 2.75) is 25.9 Å². The van der Waals surface area contributed by atoms with Crippen LogP contribution >= 0.6 is 11.3 Å². The summed E-state index contributed by atoms with van der Waals surface area (Å²) in [5, 5.41) is 11.8. The summed E-state index contributed by atoms with van der Waals surface area (Å²) in [7, 11) is 0. The van der Waals surface area contributed by atoms with Crippen LogP contribution < -0.4 is 4.74 Å².